The van der Waals surface area contributed by atoms with Crippen LogP contribution in [0.25, 0.3) is 0 Å². The molecular formula is C18H16ClN5O. The van der Waals surface area contributed by atoms with Gasteiger partial charge in [0.1, 0.15) is 5.54 Å². The summed E-state index contributed by atoms with van der Waals surface area (Å²) in [5.74, 6) is 0.849. The van der Waals surface area contributed by atoms with Gasteiger partial charge in [-0.15, -0.1) is 0 Å². The van der Waals surface area contributed by atoms with Crippen LogP contribution in [0.3, 0.4) is 0 Å². The third-order valence-corrected chi connectivity index (χ3v) is 4.34. The van der Waals surface area contributed by atoms with Crippen molar-refractivity contribution in [2.75, 3.05) is 4.90 Å². The average Bonchev–Trinajstić information content (AvgIpc) is 3.04. The lowest BCUT2D eigenvalue weighted by Crippen LogP contribution is -2.44. The zero-order chi connectivity index (χ0) is 17.6. The Bertz CT molecular complexity index is 907. The topological polar surface area (TPSA) is 60.3 Å². The molecule has 0 atom stereocenters. The number of hydrogen-bond acceptors (Lipinski definition) is 3. The summed E-state index contributed by atoms with van der Waals surface area (Å²) < 4.78 is 0. The molecule has 1 saturated heterocycles. The van der Waals surface area contributed by atoms with Crippen molar-refractivity contribution >= 4 is 40.8 Å². The molecule has 0 saturated carbocycles. The Labute approximate surface area is 150 Å². The molecule has 7 heteroatoms. The van der Waals surface area contributed by atoms with E-state index >= 15 is 0 Å². The Morgan fingerprint density at radius 3 is 2.48 bits per heavy atom. The fraction of sp³-hybridized carbons (Fsp3) is 0.167. The van der Waals surface area contributed by atoms with Crippen molar-refractivity contribution in [1.29, 1.82) is 0 Å². The Morgan fingerprint density at radius 2 is 1.76 bits per heavy atom. The first-order valence-corrected chi connectivity index (χ1v) is 8.25. The normalized spacial score (nSPS) is 19.9. The number of fused-ring (bicyclic) bond motifs is 1. The standard InChI is InChI=1S/C18H16ClN5O/c1-18(2)15(25)24-17(21-18)23(12-8-4-3-5-9-12)16(22-24)20-14-11-7-6-10-13(14)19/h3-11H,1-2H3,(H,20,22). The predicted molar refractivity (Wildman–Crippen MR) is 99.0 cm³/mol. The second-order valence-electron chi connectivity index (χ2n) is 6.28. The minimum absolute atomic E-state index is 0.132. The molecule has 126 valence electrons. The lowest BCUT2D eigenvalue weighted by Gasteiger charge is -2.17. The molecule has 1 amide bonds. The third-order valence-electron chi connectivity index (χ3n) is 4.02. The average molecular weight is 354 g/mol. The van der Waals surface area contributed by atoms with E-state index in [-0.39, 0.29) is 5.91 Å². The number of nitrogens with one attached hydrogen (secondary N) is 1. The Balaban J connectivity index is 1.85. The van der Waals surface area contributed by atoms with E-state index in [9.17, 15) is 4.79 Å². The van der Waals surface area contributed by atoms with Crippen molar-refractivity contribution in [1.82, 2.24) is 10.4 Å². The summed E-state index contributed by atoms with van der Waals surface area (Å²) in [4.78, 5) is 23.6. The number of halogens is 1. The van der Waals surface area contributed by atoms with Gasteiger partial charge in [0.05, 0.1) is 16.4 Å². The maximum absolute atomic E-state index is 12.6. The van der Waals surface area contributed by atoms with Crippen LogP contribution in [0, 0.1) is 0 Å². The van der Waals surface area contributed by atoms with Crippen molar-refractivity contribution < 1.29 is 4.79 Å². The molecule has 1 N–H and O–H groups in total. The molecule has 2 heterocycles. The largest absolute Gasteiger partial charge is 0.275 e. The van der Waals surface area contributed by atoms with Crippen LogP contribution < -0.4 is 10.3 Å². The van der Waals surface area contributed by atoms with Gasteiger partial charge in [-0.3, -0.25) is 10.2 Å². The van der Waals surface area contributed by atoms with Gasteiger partial charge in [-0.2, -0.15) is 5.01 Å². The molecule has 0 spiro atoms. The van der Waals surface area contributed by atoms with Crippen molar-refractivity contribution in [3.05, 3.63) is 59.6 Å². The second-order valence-corrected chi connectivity index (χ2v) is 6.69. The number of carbonyl (C=O) groups excluding carboxylic acids is 1. The van der Waals surface area contributed by atoms with Crippen molar-refractivity contribution in [2.45, 2.75) is 19.4 Å². The molecule has 0 unspecified atom stereocenters. The van der Waals surface area contributed by atoms with E-state index in [1.54, 1.807) is 19.9 Å². The first kappa shape index (κ1) is 15.7. The summed E-state index contributed by atoms with van der Waals surface area (Å²) >= 11 is 6.23. The predicted octanol–water partition coefficient (Wildman–Crippen LogP) is 3.33. The number of amides is 1. The van der Waals surface area contributed by atoms with Crippen molar-refractivity contribution in [3.63, 3.8) is 0 Å². The Morgan fingerprint density at radius 1 is 1.08 bits per heavy atom. The van der Waals surface area contributed by atoms with Crippen LogP contribution in [0.1, 0.15) is 13.8 Å². The highest BCUT2D eigenvalue weighted by Gasteiger charge is 2.49. The molecule has 4 rings (SSSR count). The van der Waals surface area contributed by atoms with Crippen LogP contribution in [0.2, 0.25) is 5.02 Å². The third kappa shape index (κ3) is 2.55. The number of carbonyl (C=O) groups is 1. The summed E-state index contributed by atoms with van der Waals surface area (Å²) in [7, 11) is 0. The van der Waals surface area contributed by atoms with Gasteiger partial charge in [0.2, 0.25) is 11.9 Å². The number of hydrazine groups is 1. The molecule has 0 aromatic heterocycles. The molecular weight excluding hydrogens is 338 g/mol. The SMILES string of the molecule is CC1(C)N=C2N(NC(=Nc3ccccc3Cl)N2c2ccccc2)C1=O. The first-order valence-electron chi connectivity index (χ1n) is 7.87. The van der Waals surface area contributed by atoms with Crippen molar-refractivity contribution in [3.8, 4) is 0 Å². The van der Waals surface area contributed by atoms with Gasteiger partial charge in [-0.05, 0) is 38.1 Å². The lowest BCUT2D eigenvalue weighted by molar-refractivity contribution is -0.131. The quantitative estimate of drug-likeness (QED) is 0.900. The zero-order valence-electron chi connectivity index (χ0n) is 13.8. The minimum Gasteiger partial charge on any atom is -0.270 e. The van der Waals surface area contributed by atoms with Crippen LogP contribution >= 0.6 is 11.6 Å². The van der Waals surface area contributed by atoms with Crippen LogP contribution in [0.15, 0.2) is 64.6 Å². The van der Waals surface area contributed by atoms with Crippen LogP contribution in [0.5, 0.6) is 0 Å². The number of benzene rings is 2. The second kappa shape index (κ2) is 5.60. The summed E-state index contributed by atoms with van der Waals surface area (Å²) in [5, 5.41) is 1.97. The van der Waals surface area contributed by atoms with E-state index in [4.69, 9.17) is 11.6 Å². The van der Waals surface area contributed by atoms with E-state index in [2.05, 4.69) is 15.4 Å². The fourth-order valence-electron chi connectivity index (χ4n) is 2.75. The van der Waals surface area contributed by atoms with E-state index in [0.29, 0.717) is 22.6 Å². The number of hydrogen-bond donors (Lipinski definition) is 1. The van der Waals surface area contributed by atoms with Crippen LogP contribution in [-0.2, 0) is 4.79 Å². The molecule has 0 bridgehead atoms. The molecule has 2 aliphatic rings. The number of para-hydroxylation sites is 2. The van der Waals surface area contributed by atoms with E-state index in [0.717, 1.165) is 5.69 Å². The minimum atomic E-state index is -0.814. The monoisotopic (exact) mass is 353 g/mol. The van der Waals surface area contributed by atoms with Crippen molar-refractivity contribution in [2.24, 2.45) is 9.98 Å². The molecule has 6 nitrogen and oxygen atoms in total. The number of anilines is 1. The maximum atomic E-state index is 12.6. The molecule has 0 radical (unpaired) electrons. The highest BCUT2D eigenvalue weighted by Crippen LogP contribution is 2.31. The zero-order valence-corrected chi connectivity index (χ0v) is 14.5. The summed E-state index contributed by atoms with van der Waals surface area (Å²) in [6.07, 6.45) is 0. The molecule has 2 aromatic rings. The van der Waals surface area contributed by atoms with Gasteiger partial charge < -0.3 is 0 Å². The number of guanidine groups is 2. The smallest absolute Gasteiger partial charge is 0.270 e. The summed E-state index contributed by atoms with van der Waals surface area (Å²) in [5.41, 5.74) is 3.70. The fourth-order valence-corrected chi connectivity index (χ4v) is 2.93. The molecule has 25 heavy (non-hydrogen) atoms. The van der Waals surface area contributed by atoms with Gasteiger partial charge in [0.15, 0.2) is 0 Å². The number of aliphatic imine (C=N–C) groups is 2. The molecule has 1 fully saturated rings. The lowest BCUT2D eigenvalue weighted by atomic mass is 10.1. The maximum Gasteiger partial charge on any atom is 0.275 e. The Kier molecular flexibility index (Phi) is 3.51. The van der Waals surface area contributed by atoms with Gasteiger partial charge in [0, 0.05) is 0 Å². The Hall–Kier alpha value is -2.86. The molecule has 0 aliphatic carbocycles. The van der Waals surface area contributed by atoms with Gasteiger partial charge in [0.25, 0.3) is 5.91 Å². The van der Waals surface area contributed by atoms with Gasteiger partial charge >= 0.3 is 0 Å². The van der Waals surface area contributed by atoms with Crippen LogP contribution in [0.4, 0.5) is 11.4 Å². The van der Waals surface area contributed by atoms with E-state index in [1.165, 1.54) is 5.01 Å². The molecule has 2 aliphatic heterocycles. The summed E-state index contributed by atoms with van der Waals surface area (Å²) in [6, 6.07) is 16.9. The summed E-state index contributed by atoms with van der Waals surface area (Å²) in [6.45, 7) is 3.58. The van der Waals surface area contributed by atoms with E-state index in [1.807, 2.05) is 53.4 Å². The highest BCUT2D eigenvalue weighted by atomic mass is 35.5. The van der Waals surface area contributed by atoms with Crippen LogP contribution in [-0.4, -0.2) is 28.4 Å². The van der Waals surface area contributed by atoms with E-state index < -0.39 is 5.54 Å². The first-order chi connectivity index (χ1) is 12.0. The molecule has 2 aromatic carbocycles. The number of nitrogens with zero attached hydrogens (tertiary/aromatic N) is 4. The van der Waals surface area contributed by atoms with Gasteiger partial charge in [-0.25, -0.2) is 14.9 Å². The van der Waals surface area contributed by atoms with Gasteiger partial charge in [-0.1, -0.05) is 41.9 Å². The number of rotatable bonds is 2. The highest BCUT2D eigenvalue weighted by molar-refractivity contribution is 6.33.